The van der Waals surface area contributed by atoms with E-state index in [2.05, 4.69) is 5.32 Å². The highest BCUT2D eigenvalue weighted by atomic mass is 16.3. The number of aliphatic hydroxyl groups excluding tert-OH is 1. The van der Waals surface area contributed by atoms with Gasteiger partial charge >= 0.3 is 0 Å². The van der Waals surface area contributed by atoms with Crippen molar-refractivity contribution in [2.45, 2.75) is 19.4 Å². The molecule has 0 aliphatic heterocycles. The summed E-state index contributed by atoms with van der Waals surface area (Å²) in [6.07, 6.45) is 1.44. The summed E-state index contributed by atoms with van der Waals surface area (Å²) in [4.78, 5) is 21.9. The van der Waals surface area contributed by atoms with Gasteiger partial charge < -0.3 is 10.4 Å². The predicted octanol–water partition coefficient (Wildman–Crippen LogP) is -0.414. The lowest BCUT2D eigenvalue weighted by molar-refractivity contribution is -0.118. The highest BCUT2D eigenvalue weighted by Gasteiger charge is 2.50. The van der Waals surface area contributed by atoms with Gasteiger partial charge in [0.2, 0.25) is 5.91 Å². The molecule has 0 bridgehead atoms. The number of nitrogens with one attached hydrogen (secondary N) is 1. The minimum atomic E-state index is -0.661. The van der Waals surface area contributed by atoms with Crippen LogP contribution in [0, 0.1) is 11.8 Å². The van der Waals surface area contributed by atoms with Crippen LogP contribution in [0.4, 0.5) is 0 Å². The molecule has 70 valence electrons. The first-order chi connectivity index (χ1) is 6.09. The molecule has 1 saturated carbocycles. The largest absolute Gasteiger partial charge is 0.387 e. The first-order valence-electron chi connectivity index (χ1n) is 4.30. The number of hydrogen-bond donors (Lipinski definition) is 2. The summed E-state index contributed by atoms with van der Waals surface area (Å²) in [5, 5.41) is 12.1. The van der Waals surface area contributed by atoms with Crippen molar-refractivity contribution in [2.75, 3.05) is 0 Å². The quantitative estimate of drug-likeness (QED) is 0.577. The minimum Gasteiger partial charge on any atom is -0.387 e. The lowest BCUT2D eigenvalue weighted by Crippen LogP contribution is -2.33. The molecular formula is C9H11NO3. The molecule has 1 amide bonds. The Kier molecular flexibility index (Phi) is 1.73. The minimum absolute atomic E-state index is 0.00695. The van der Waals surface area contributed by atoms with Gasteiger partial charge in [0.1, 0.15) is 0 Å². The molecule has 4 heteroatoms. The number of fused-ring (bicyclic) bond motifs is 1. The van der Waals surface area contributed by atoms with Gasteiger partial charge in [-0.05, 0) is 6.42 Å². The normalized spacial score (nSPS) is 36.3. The van der Waals surface area contributed by atoms with Crippen molar-refractivity contribution in [1.29, 1.82) is 0 Å². The highest BCUT2D eigenvalue weighted by molar-refractivity contribution is 5.96. The van der Waals surface area contributed by atoms with Crippen molar-refractivity contribution in [3.8, 4) is 0 Å². The summed E-state index contributed by atoms with van der Waals surface area (Å²) < 4.78 is 0. The van der Waals surface area contributed by atoms with E-state index in [9.17, 15) is 14.7 Å². The zero-order valence-corrected chi connectivity index (χ0v) is 7.28. The van der Waals surface area contributed by atoms with Crippen LogP contribution in [-0.2, 0) is 9.59 Å². The van der Waals surface area contributed by atoms with Crippen molar-refractivity contribution < 1.29 is 14.7 Å². The molecule has 2 aliphatic carbocycles. The lowest BCUT2D eigenvalue weighted by Gasteiger charge is -2.18. The molecule has 2 rings (SSSR count). The standard InChI is InChI=1S/C9H11NO3/c1-4(11)10-7-3-8(12)5-2-6(5)9(7)13/h3,5-6,9,13H,2H2,1H3,(H,10,11). The Morgan fingerprint density at radius 3 is 3.00 bits per heavy atom. The number of allylic oxidation sites excluding steroid dienone is 1. The van der Waals surface area contributed by atoms with E-state index in [0.29, 0.717) is 5.70 Å². The smallest absolute Gasteiger partial charge is 0.221 e. The second kappa shape index (κ2) is 2.67. The molecule has 3 atom stereocenters. The van der Waals surface area contributed by atoms with Crippen LogP contribution in [0.1, 0.15) is 13.3 Å². The molecular weight excluding hydrogens is 170 g/mol. The van der Waals surface area contributed by atoms with Crippen molar-refractivity contribution in [3.63, 3.8) is 0 Å². The molecule has 0 radical (unpaired) electrons. The van der Waals surface area contributed by atoms with Gasteiger partial charge in [0.25, 0.3) is 0 Å². The third-order valence-corrected chi connectivity index (χ3v) is 2.55. The van der Waals surface area contributed by atoms with Gasteiger partial charge in [-0.15, -0.1) is 0 Å². The first-order valence-corrected chi connectivity index (χ1v) is 4.30. The van der Waals surface area contributed by atoms with Gasteiger partial charge in [0, 0.05) is 24.8 Å². The van der Waals surface area contributed by atoms with Crippen molar-refractivity contribution in [3.05, 3.63) is 11.8 Å². The Morgan fingerprint density at radius 2 is 2.38 bits per heavy atom. The van der Waals surface area contributed by atoms with Crippen LogP contribution < -0.4 is 5.32 Å². The average molecular weight is 181 g/mol. The monoisotopic (exact) mass is 181 g/mol. The topological polar surface area (TPSA) is 66.4 Å². The summed E-state index contributed by atoms with van der Waals surface area (Å²) in [6, 6.07) is 0. The Bertz CT molecular complexity index is 308. The van der Waals surface area contributed by atoms with Gasteiger partial charge in [0.05, 0.1) is 11.8 Å². The molecule has 13 heavy (non-hydrogen) atoms. The predicted molar refractivity (Wildman–Crippen MR) is 44.5 cm³/mol. The van der Waals surface area contributed by atoms with Gasteiger partial charge in [-0.2, -0.15) is 0 Å². The summed E-state index contributed by atoms with van der Waals surface area (Å²) in [6.45, 7) is 1.36. The molecule has 1 fully saturated rings. The van der Waals surface area contributed by atoms with E-state index in [0.717, 1.165) is 6.42 Å². The van der Waals surface area contributed by atoms with Crippen LogP contribution >= 0.6 is 0 Å². The molecule has 4 nitrogen and oxygen atoms in total. The van der Waals surface area contributed by atoms with E-state index < -0.39 is 6.10 Å². The van der Waals surface area contributed by atoms with E-state index in [4.69, 9.17) is 0 Å². The summed E-state index contributed by atoms with van der Waals surface area (Å²) in [7, 11) is 0. The third-order valence-electron chi connectivity index (χ3n) is 2.55. The number of carbonyl (C=O) groups excluding carboxylic acids is 2. The number of hydrogen-bond acceptors (Lipinski definition) is 3. The van der Waals surface area contributed by atoms with E-state index >= 15 is 0 Å². The number of ketones is 1. The fraction of sp³-hybridized carbons (Fsp3) is 0.556. The maximum atomic E-state index is 11.2. The van der Waals surface area contributed by atoms with Crippen LogP contribution in [0.2, 0.25) is 0 Å². The third kappa shape index (κ3) is 1.37. The number of rotatable bonds is 1. The molecule has 0 aromatic heterocycles. The highest BCUT2D eigenvalue weighted by Crippen LogP contribution is 2.46. The van der Waals surface area contributed by atoms with E-state index in [1.165, 1.54) is 13.0 Å². The van der Waals surface area contributed by atoms with Crippen LogP contribution in [0.15, 0.2) is 11.8 Å². The SMILES string of the molecule is CC(=O)NC1=CC(=O)C2CC2C1O. The lowest BCUT2D eigenvalue weighted by atomic mass is 10.0. The molecule has 0 spiro atoms. The Balaban J connectivity index is 2.17. The Labute approximate surface area is 75.6 Å². The average Bonchev–Trinajstić information content (AvgIpc) is 2.77. The van der Waals surface area contributed by atoms with Gasteiger partial charge in [-0.3, -0.25) is 9.59 Å². The van der Waals surface area contributed by atoms with Crippen molar-refractivity contribution in [2.24, 2.45) is 11.8 Å². The van der Waals surface area contributed by atoms with Gasteiger partial charge in [-0.25, -0.2) is 0 Å². The van der Waals surface area contributed by atoms with Gasteiger partial charge in [-0.1, -0.05) is 0 Å². The molecule has 0 saturated heterocycles. The molecule has 2 aliphatic rings. The van der Waals surface area contributed by atoms with Crippen LogP contribution in [0.5, 0.6) is 0 Å². The fourth-order valence-electron chi connectivity index (χ4n) is 1.78. The molecule has 2 N–H and O–H groups in total. The molecule has 0 heterocycles. The van der Waals surface area contributed by atoms with E-state index in [-0.39, 0.29) is 23.5 Å². The summed E-state index contributed by atoms with van der Waals surface area (Å²) >= 11 is 0. The summed E-state index contributed by atoms with van der Waals surface area (Å²) in [5.41, 5.74) is 0.358. The second-order valence-corrected chi connectivity index (χ2v) is 3.63. The molecule has 3 unspecified atom stereocenters. The maximum Gasteiger partial charge on any atom is 0.221 e. The van der Waals surface area contributed by atoms with Gasteiger partial charge in [0.15, 0.2) is 5.78 Å². The van der Waals surface area contributed by atoms with Crippen LogP contribution in [-0.4, -0.2) is 22.9 Å². The van der Waals surface area contributed by atoms with Crippen molar-refractivity contribution in [1.82, 2.24) is 5.32 Å². The number of carbonyl (C=O) groups is 2. The first kappa shape index (κ1) is 8.44. The Morgan fingerprint density at radius 1 is 1.69 bits per heavy atom. The van der Waals surface area contributed by atoms with Crippen molar-refractivity contribution >= 4 is 11.7 Å². The van der Waals surface area contributed by atoms with Crippen LogP contribution in [0.3, 0.4) is 0 Å². The number of amides is 1. The fourth-order valence-corrected chi connectivity index (χ4v) is 1.78. The van der Waals surface area contributed by atoms with E-state index in [1.54, 1.807) is 0 Å². The second-order valence-electron chi connectivity index (χ2n) is 3.63. The number of aliphatic hydroxyl groups is 1. The summed E-state index contributed by atoms with van der Waals surface area (Å²) in [5.74, 6) is -0.178. The molecule has 0 aromatic carbocycles. The molecule has 0 aromatic rings. The van der Waals surface area contributed by atoms with Crippen LogP contribution in [0.25, 0.3) is 0 Å². The maximum absolute atomic E-state index is 11.2. The Hall–Kier alpha value is -1.16. The zero-order valence-electron chi connectivity index (χ0n) is 7.28. The van der Waals surface area contributed by atoms with E-state index in [1.807, 2.05) is 0 Å². The zero-order chi connectivity index (χ0) is 9.59.